The van der Waals surface area contributed by atoms with Crippen molar-refractivity contribution in [1.82, 2.24) is 9.62 Å². The molecule has 1 heterocycles. The summed E-state index contributed by atoms with van der Waals surface area (Å²) >= 11 is 0. The van der Waals surface area contributed by atoms with Crippen LogP contribution in [0.1, 0.15) is 26.2 Å². The fraction of sp³-hybridized carbons (Fsp3) is 0.800. The van der Waals surface area contributed by atoms with E-state index in [1.54, 1.807) is 4.90 Å². The maximum absolute atomic E-state index is 11.6. The minimum Gasteiger partial charge on any atom is -0.341 e. The lowest BCUT2D eigenvalue weighted by molar-refractivity contribution is -0.135. The van der Waals surface area contributed by atoms with Gasteiger partial charge in [0.05, 0.1) is 12.7 Å². The molecule has 0 bridgehead atoms. The van der Waals surface area contributed by atoms with Crippen LogP contribution >= 0.6 is 0 Å². The van der Waals surface area contributed by atoms with Crippen molar-refractivity contribution >= 4 is 21.7 Å². The van der Waals surface area contributed by atoms with Gasteiger partial charge in [0.25, 0.3) is 0 Å². The van der Waals surface area contributed by atoms with E-state index < -0.39 is 10.0 Å². The first-order chi connectivity index (χ1) is 7.78. The molecule has 0 aromatic heterocycles. The van der Waals surface area contributed by atoms with Crippen molar-refractivity contribution < 1.29 is 18.0 Å². The van der Waals surface area contributed by atoms with Gasteiger partial charge < -0.3 is 4.90 Å². The van der Waals surface area contributed by atoms with E-state index in [1.165, 1.54) is 6.92 Å². The summed E-state index contributed by atoms with van der Waals surface area (Å²) in [5.74, 6) is -0.398. The van der Waals surface area contributed by atoms with E-state index in [0.29, 0.717) is 13.1 Å². The van der Waals surface area contributed by atoms with Gasteiger partial charge in [0, 0.05) is 19.1 Å². The third kappa shape index (κ3) is 5.27. The number of Topliss-reactive ketones (excluding diaryl/α,β-unsaturated/α-hetero) is 1. The molecule has 98 valence electrons. The quantitative estimate of drug-likeness (QED) is 0.693. The third-order valence-corrected chi connectivity index (χ3v) is 3.32. The number of ketones is 1. The average Bonchev–Trinajstić information content (AvgIpc) is 2.14. The number of nitrogens with one attached hydrogen (secondary N) is 1. The van der Waals surface area contributed by atoms with E-state index in [4.69, 9.17) is 0 Å². The highest BCUT2D eigenvalue weighted by Gasteiger charge is 2.25. The van der Waals surface area contributed by atoms with Gasteiger partial charge in [-0.15, -0.1) is 0 Å². The molecule has 1 amide bonds. The maximum Gasteiger partial charge on any atom is 0.230 e. The van der Waals surface area contributed by atoms with Crippen LogP contribution in [0.2, 0.25) is 0 Å². The molecule has 0 aromatic carbocycles. The van der Waals surface area contributed by atoms with Crippen LogP contribution in [0.25, 0.3) is 0 Å². The van der Waals surface area contributed by atoms with E-state index >= 15 is 0 Å². The number of likely N-dealkylation sites (tertiary alicyclic amines) is 1. The molecule has 6 nitrogen and oxygen atoms in total. The van der Waals surface area contributed by atoms with Gasteiger partial charge >= 0.3 is 0 Å². The molecule has 0 aromatic rings. The van der Waals surface area contributed by atoms with Crippen LogP contribution in [0.5, 0.6) is 0 Å². The van der Waals surface area contributed by atoms with Crippen molar-refractivity contribution in [2.45, 2.75) is 32.2 Å². The van der Waals surface area contributed by atoms with E-state index in [-0.39, 0.29) is 24.2 Å². The van der Waals surface area contributed by atoms with E-state index in [9.17, 15) is 18.0 Å². The van der Waals surface area contributed by atoms with Crippen LogP contribution in [0.3, 0.4) is 0 Å². The smallest absolute Gasteiger partial charge is 0.230 e. The van der Waals surface area contributed by atoms with Gasteiger partial charge in [-0.05, 0) is 19.8 Å². The van der Waals surface area contributed by atoms with Crippen molar-refractivity contribution in [3.63, 3.8) is 0 Å². The summed E-state index contributed by atoms with van der Waals surface area (Å²) in [6, 6.07) is -0.241. The largest absolute Gasteiger partial charge is 0.341 e. The van der Waals surface area contributed by atoms with Crippen LogP contribution < -0.4 is 4.72 Å². The van der Waals surface area contributed by atoms with Gasteiger partial charge in [-0.2, -0.15) is 0 Å². The Hall–Kier alpha value is -0.950. The normalized spacial score (nSPS) is 21.3. The molecule has 1 unspecified atom stereocenters. The zero-order valence-electron chi connectivity index (χ0n) is 10.1. The first-order valence-electron chi connectivity index (χ1n) is 5.52. The number of nitrogens with zero attached hydrogens (tertiary/aromatic N) is 1. The second kappa shape index (κ2) is 5.59. The summed E-state index contributed by atoms with van der Waals surface area (Å²) in [5.41, 5.74) is 0. The van der Waals surface area contributed by atoms with Gasteiger partial charge in [-0.25, -0.2) is 13.1 Å². The summed E-state index contributed by atoms with van der Waals surface area (Å²) in [7, 11) is -3.25. The van der Waals surface area contributed by atoms with Gasteiger partial charge in [0.2, 0.25) is 15.9 Å². The van der Waals surface area contributed by atoms with Crippen molar-refractivity contribution in [3.05, 3.63) is 0 Å². The lowest BCUT2D eigenvalue weighted by Gasteiger charge is -2.32. The lowest BCUT2D eigenvalue weighted by atomic mass is 10.1. The predicted molar refractivity (Wildman–Crippen MR) is 62.9 cm³/mol. The van der Waals surface area contributed by atoms with E-state index in [0.717, 1.165) is 19.1 Å². The molecule has 7 heteroatoms. The van der Waals surface area contributed by atoms with Crippen LogP contribution in [-0.4, -0.2) is 50.4 Å². The Morgan fingerprint density at radius 1 is 1.41 bits per heavy atom. The van der Waals surface area contributed by atoms with Gasteiger partial charge in [0.1, 0.15) is 5.78 Å². The maximum atomic E-state index is 11.6. The molecule has 1 N–H and O–H groups in total. The standard InChI is InChI=1S/C10H18N2O4S/c1-8(13)6-10(14)12-5-3-4-9(7-12)11-17(2,15)16/h9,11H,3-7H2,1-2H3. The molecule has 1 aliphatic heterocycles. The van der Waals surface area contributed by atoms with E-state index in [2.05, 4.69) is 4.72 Å². The highest BCUT2D eigenvalue weighted by molar-refractivity contribution is 7.88. The third-order valence-electron chi connectivity index (χ3n) is 2.56. The summed E-state index contributed by atoms with van der Waals surface area (Å²) in [6.45, 7) is 2.31. The minimum atomic E-state index is -3.25. The molecule has 1 rings (SSSR count). The zero-order chi connectivity index (χ0) is 13.1. The minimum absolute atomic E-state index is 0.106. The molecule has 1 atom stereocenters. The zero-order valence-corrected chi connectivity index (χ0v) is 10.9. The van der Waals surface area contributed by atoms with Gasteiger partial charge in [-0.1, -0.05) is 0 Å². The molecule has 17 heavy (non-hydrogen) atoms. The van der Waals surface area contributed by atoms with Crippen molar-refractivity contribution in [1.29, 1.82) is 0 Å². The molecule has 0 aliphatic carbocycles. The van der Waals surface area contributed by atoms with E-state index in [1.807, 2.05) is 0 Å². The van der Waals surface area contributed by atoms with Crippen LogP contribution in [0.4, 0.5) is 0 Å². The van der Waals surface area contributed by atoms with Gasteiger partial charge in [0.15, 0.2) is 0 Å². The van der Waals surface area contributed by atoms with Crippen LogP contribution in [0, 0.1) is 0 Å². The Morgan fingerprint density at radius 2 is 2.06 bits per heavy atom. The molecular formula is C10H18N2O4S. The number of hydrogen-bond donors (Lipinski definition) is 1. The highest BCUT2D eigenvalue weighted by Crippen LogP contribution is 2.12. The van der Waals surface area contributed by atoms with Crippen molar-refractivity contribution in [2.75, 3.05) is 19.3 Å². The number of rotatable bonds is 4. The van der Waals surface area contributed by atoms with Crippen LogP contribution in [-0.2, 0) is 19.6 Å². The lowest BCUT2D eigenvalue weighted by Crippen LogP contribution is -2.49. The number of piperidine rings is 1. The number of hydrogen-bond acceptors (Lipinski definition) is 4. The first-order valence-corrected chi connectivity index (χ1v) is 7.41. The number of carbonyl (C=O) groups excluding carboxylic acids is 2. The second-order valence-corrected chi connectivity index (χ2v) is 6.23. The Bertz CT molecular complexity index is 405. The summed E-state index contributed by atoms with van der Waals surface area (Å²) in [6.07, 6.45) is 2.46. The van der Waals surface area contributed by atoms with Crippen LogP contribution in [0.15, 0.2) is 0 Å². The molecule has 0 spiro atoms. The molecule has 1 saturated heterocycles. The Balaban J connectivity index is 2.54. The molecule has 0 radical (unpaired) electrons. The summed E-state index contributed by atoms with van der Waals surface area (Å²) < 4.78 is 24.7. The fourth-order valence-corrected chi connectivity index (χ4v) is 2.73. The average molecular weight is 262 g/mol. The molecule has 1 fully saturated rings. The number of sulfonamides is 1. The second-order valence-electron chi connectivity index (χ2n) is 4.45. The Labute approximate surface area is 101 Å². The molecule has 0 saturated carbocycles. The fourth-order valence-electron chi connectivity index (χ4n) is 1.93. The van der Waals surface area contributed by atoms with Crippen molar-refractivity contribution in [2.24, 2.45) is 0 Å². The summed E-state index contributed by atoms with van der Waals surface area (Å²) in [5, 5.41) is 0. The summed E-state index contributed by atoms with van der Waals surface area (Å²) in [4.78, 5) is 24.0. The Kier molecular flexibility index (Phi) is 4.64. The predicted octanol–water partition coefficient (Wildman–Crippen LogP) is -0.494. The first kappa shape index (κ1) is 14.1. The SMILES string of the molecule is CC(=O)CC(=O)N1CCCC(NS(C)(=O)=O)C1. The van der Waals surface area contributed by atoms with Crippen molar-refractivity contribution in [3.8, 4) is 0 Å². The Morgan fingerprint density at radius 3 is 2.59 bits per heavy atom. The number of amides is 1. The number of carbonyl (C=O) groups is 2. The van der Waals surface area contributed by atoms with Gasteiger partial charge in [-0.3, -0.25) is 9.59 Å². The molecular weight excluding hydrogens is 244 g/mol. The molecule has 1 aliphatic rings. The highest BCUT2D eigenvalue weighted by atomic mass is 32.2. The topological polar surface area (TPSA) is 83.6 Å². The monoisotopic (exact) mass is 262 g/mol.